The molecular formula is C31H26IrN2-2. The van der Waals surface area contributed by atoms with Crippen LogP contribution in [0, 0.1) is 19.1 Å². The second-order valence-electron chi connectivity index (χ2n) is 7.88. The van der Waals surface area contributed by atoms with Crippen molar-refractivity contribution in [3.63, 3.8) is 0 Å². The molecule has 0 spiro atoms. The van der Waals surface area contributed by atoms with Crippen molar-refractivity contribution in [2.45, 2.75) is 19.8 Å². The monoisotopic (exact) mass is 619 g/mol. The van der Waals surface area contributed by atoms with E-state index in [9.17, 15) is 0 Å². The second-order valence-corrected chi connectivity index (χ2v) is 7.88. The minimum Gasteiger partial charge on any atom is -0.305 e. The maximum atomic E-state index is 4.48. The molecule has 0 bridgehead atoms. The number of pyridine rings is 2. The van der Waals surface area contributed by atoms with Crippen LogP contribution in [0.2, 0.25) is 0 Å². The van der Waals surface area contributed by atoms with Crippen LogP contribution in [0.1, 0.15) is 29.5 Å². The molecule has 0 saturated carbocycles. The number of aryl methyl sites for hydroxylation is 1. The molecule has 0 aliphatic carbocycles. The fourth-order valence-corrected chi connectivity index (χ4v) is 3.53. The van der Waals surface area contributed by atoms with Crippen LogP contribution in [0.25, 0.3) is 22.5 Å². The van der Waals surface area contributed by atoms with E-state index >= 15 is 0 Å². The first-order chi connectivity index (χ1) is 16.2. The van der Waals surface area contributed by atoms with Crippen molar-refractivity contribution in [3.05, 3.63) is 144 Å². The van der Waals surface area contributed by atoms with E-state index in [0.29, 0.717) is 5.92 Å². The number of nitrogens with zero attached hydrogens (tertiary/aromatic N) is 2. The molecular weight excluding hydrogens is 593 g/mol. The molecule has 2 heterocycles. The van der Waals surface area contributed by atoms with Gasteiger partial charge in [0.1, 0.15) is 0 Å². The van der Waals surface area contributed by atoms with Gasteiger partial charge < -0.3 is 9.97 Å². The van der Waals surface area contributed by atoms with Crippen LogP contribution >= 0.6 is 0 Å². The van der Waals surface area contributed by atoms with E-state index < -0.39 is 0 Å². The third-order valence-electron chi connectivity index (χ3n) is 5.48. The van der Waals surface area contributed by atoms with Crippen LogP contribution in [0.15, 0.2) is 116 Å². The maximum absolute atomic E-state index is 4.48. The Kier molecular flexibility index (Phi) is 9.46. The van der Waals surface area contributed by atoms with Gasteiger partial charge in [-0.2, -0.15) is 0 Å². The van der Waals surface area contributed by atoms with Gasteiger partial charge in [-0.05, 0) is 34.6 Å². The van der Waals surface area contributed by atoms with E-state index in [2.05, 4.69) is 90.5 Å². The summed E-state index contributed by atoms with van der Waals surface area (Å²) in [5.41, 5.74) is 7.85. The molecule has 1 unspecified atom stereocenters. The van der Waals surface area contributed by atoms with Gasteiger partial charge in [-0.15, -0.1) is 71.3 Å². The van der Waals surface area contributed by atoms with Crippen LogP contribution in [0.4, 0.5) is 0 Å². The molecule has 0 aliphatic rings. The van der Waals surface area contributed by atoms with E-state index in [1.54, 1.807) is 6.20 Å². The smallest absolute Gasteiger partial charge is 0.0163 e. The van der Waals surface area contributed by atoms with Gasteiger partial charge in [0.2, 0.25) is 0 Å². The number of benzene rings is 3. The van der Waals surface area contributed by atoms with Crippen molar-refractivity contribution in [1.82, 2.24) is 9.97 Å². The third kappa shape index (κ3) is 6.81. The van der Waals surface area contributed by atoms with Gasteiger partial charge >= 0.3 is 0 Å². The van der Waals surface area contributed by atoms with Gasteiger partial charge in [-0.3, -0.25) is 0 Å². The summed E-state index contributed by atoms with van der Waals surface area (Å²) in [4.78, 5) is 8.70. The molecule has 3 aromatic carbocycles. The zero-order chi connectivity index (χ0) is 22.9. The first kappa shape index (κ1) is 25.2. The summed E-state index contributed by atoms with van der Waals surface area (Å²) in [5, 5.41) is 0. The average molecular weight is 619 g/mol. The molecule has 0 saturated heterocycles. The van der Waals surface area contributed by atoms with Gasteiger partial charge in [0.25, 0.3) is 0 Å². The number of hydrogen-bond donors (Lipinski definition) is 0. The van der Waals surface area contributed by atoms with Gasteiger partial charge in [0.05, 0.1) is 0 Å². The van der Waals surface area contributed by atoms with Gasteiger partial charge in [0, 0.05) is 38.4 Å². The SMILES string of the molecule is Cc1c[c-]c(-c2cc(C(C)c3ccccc3)ccn2)cc1.[Ir].[c-]1ccccc1-c1ccccn1. The van der Waals surface area contributed by atoms with Gasteiger partial charge in [-0.1, -0.05) is 62.4 Å². The molecule has 5 aromatic rings. The van der Waals surface area contributed by atoms with Crippen molar-refractivity contribution in [2.75, 3.05) is 0 Å². The molecule has 0 N–H and O–H groups in total. The van der Waals surface area contributed by atoms with Crippen molar-refractivity contribution in [2.24, 2.45) is 0 Å². The molecule has 2 aromatic heterocycles. The predicted molar refractivity (Wildman–Crippen MR) is 136 cm³/mol. The molecule has 34 heavy (non-hydrogen) atoms. The normalized spacial score (nSPS) is 10.9. The fraction of sp³-hybridized carbons (Fsp3) is 0.0968. The largest absolute Gasteiger partial charge is 0.305 e. The summed E-state index contributed by atoms with van der Waals surface area (Å²) in [7, 11) is 0. The van der Waals surface area contributed by atoms with Crippen LogP contribution in [-0.4, -0.2) is 9.97 Å². The van der Waals surface area contributed by atoms with Crippen molar-refractivity contribution < 1.29 is 20.1 Å². The number of hydrogen-bond acceptors (Lipinski definition) is 2. The topological polar surface area (TPSA) is 25.8 Å². The Morgan fingerprint density at radius 3 is 2.06 bits per heavy atom. The Morgan fingerprint density at radius 2 is 1.38 bits per heavy atom. The molecule has 0 amide bonds. The summed E-state index contributed by atoms with van der Waals surface area (Å²) in [6.07, 6.45) is 3.67. The number of aromatic nitrogens is 2. The van der Waals surface area contributed by atoms with E-state index in [4.69, 9.17) is 0 Å². The molecule has 5 rings (SSSR count). The summed E-state index contributed by atoms with van der Waals surface area (Å²) in [6.45, 7) is 4.30. The Bertz CT molecular complexity index is 1220. The first-order valence-corrected chi connectivity index (χ1v) is 11.1. The molecule has 0 aliphatic heterocycles. The molecule has 1 atom stereocenters. The van der Waals surface area contributed by atoms with E-state index in [1.165, 1.54) is 16.7 Å². The standard InChI is InChI=1S/C20H18N.C11H8N.Ir/c1-15-8-10-18(11-9-15)20-14-19(12-13-21-20)16(2)17-6-4-3-5-7-17;1-2-6-10(7-3-1)11-8-4-5-9-12-11;/h3-10,12-14,16H,1-2H3;1-6,8-9H;/q2*-1;. The number of rotatable bonds is 4. The Labute approximate surface area is 216 Å². The van der Waals surface area contributed by atoms with E-state index in [-0.39, 0.29) is 20.1 Å². The van der Waals surface area contributed by atoms with E-state index in [0.717, 1.165) is 22.5 Å². The fourth-order valence-electron chi connectivity index (χ4n) is 3.53. The molecule has 2 nitrogen and oxygen atoms in total. The maximum Gasteiger partial charge on any atom is 0.0163 e. The Morgan fingerprint density at radius 1 is 0.647 bits per heavy atom. The summed E-state index contributed by atoms with van der Waals surface area (Å²) >= 11 is 0. The van der Waals surface area contributed by atoms with Crippen molar-refractivity contribution in [3.8, 4) is 22.5 Å². The van der Waals surface area contributed by atoms with E-state index in [1.807, 2.05) is 54.7 Å². The average Bonchev–Trinajstić information content (AvgIpc) is 2.91. The minimum absolute atomic E-state index is 0. The van der Waals surface area contributed by atoms with Crippen LogP contribution in [0.3, 0.4) is 0 Å². The van der Waals surface area contributed by atoms with Crippen molar-refractivity contribution in [1.29, 1.82) is 0 Å². The molecule has 3 heteroatoms. The molecule has 0 fully saturated rings. The summed E-state index contributed by atoms with van der Waals surface area (Å²) in [5.74, 6) is 0.360. The Balaban J connectivity index is 0.000000212. The van der Waals surface area contributed by atoms with Crippen molar-refractivity contribution >= 4 is 0 Å². The third-order valence-corrected chi connectivity index (χ3v) is 5.48. The van der Waals surface area contributed by atoms with Gasteiger partial charge in [-0.25, -0.2) is 0 Å². The zero-order valence-electron chi connectivity index (χ0n) is 19.3. The Hall–Kier alpha value is -3.39. The molecule has 171 valence electrons. The zero-order valence-corrected chi connectivity index (χ0v) is 21.7. The predicted octanol–water partition coefficient (Wildman–Crippen LogP) is 7.56. The minimum atomic E-state index is 0. The van der Waals surface area contributed by atoms with Gasteiger partial charge in [0.15, 0.2) is 0 Å². The first-order valence-electron chi connectivity index (χ1n) is 11.1. The van der Waals surface area contributed by atoms with Crippen LogP contribution < -0.4 is 0 Å². The summed E-state index contributed by atoms with van der Waals surface area (Å²) in [6, 6.07) is 41.1. The molecule has 1 radical (unpaired) electrons. The quantitative estimate of drug-likeness (QED) is 0.194. The van der Waals surface area contributed by atoms with Crippen LogP contribution in [0.5, 0.6) is 0 Å². The second kappa shape index (κ2) is 12.7. The van der Waals surface area contributed by atoms with Crippen LogP contribution in [-0.2, 0) is 20.1 Å². The summed E-state index contributed by atoms with van der Waals surface area (Å²) < 4.78 is 0.